The van der Waals surface area contributed by atoms with Crippen molar-refractivity contribution in [1.29, 1.82) is 0 Å². The van der Waals surface area contributed by atoms with Gasteiger partial charge in [0.05, 0.1) is 6.54 Å². The third kappa shape index (κ3) is 8.18. The monoisotopic (exact) mass is 381 g/mol. The summed E-state index contributed by atoms with van der Waals surface area (Å²) in [5.41, 5.74) is 1.69. The summed E-state index contributed by atoms with van der Waals surface area (Å²) in [4.78, 5) is 28.1. The fourth-order valence-corrected chi connectivity index (χ4v) is 2.07. The molecule has 0 saturated heterocycles. The second-order valence-corrected chi connectivity index (χ2v) is 5.63. The first-order valence-corrected chi connectivity index (χ1v) is 8.78. The summed E-state index contributed by atoms with van der Waals surface area (Å²) in [7, 11) is 0. The van der Waals surface area contributed by atoms with Crippen LogP contribution in [0.3, 0.4) is 0 Å². The lowest BCUT2D eigenvalue weighted by Gasteiger charge is -2.11. The predicted molar refractivity (Wildman–Crippen MR) is 107 cm³/mol. The van der Waals surface area contributed by atoms with Crippen LogP contribution in [0.4, 0.5) is 9.59 Å². The van der Waals surface area contributed by atoms with E-state index in [0.717, 1.165) is 11.1 Å². The van der Waals surface area contributed by atoms with E-state index in [1.165, 1.54) is 0 Å². The van der Waals surface area contributed by atoms with Gasteiger partial charge < -0.3 is 9.47 Å². The molecule has 0 aliphatic heterocycles. The number of rotatable bonds is 6. The molecule has 0 saturated carbocycles. The summed E-state index contributed by atoms with van der Waals surface area (Å²) < 4.78 is 10.3. The van der Waals surface area contributed by atoms with Crippen molar-refractivity contribution >= 4 is 18.1 Å². The number of carbonyl (C=O) groups is 2. The maximum Gasteiger partial charge on any atom is 0.414 e. The highest BCUT2D eigenvalue weighted by Gasteiger charge is 2.12. The summed E-state index contributed by atoms with van der Waals surface area (Å²) in [6.07, 6.45) is 2.12. The van der Waals surface area contributed by atoms with Gasteiger partial charge in [-0.25, -0.2) is 14.6 Å². The molecule has 2 aromatic rings. The lowest BCUT2D eigenvalue weighted by atomic mass is 10.2. The molecule has 0 unspecified atom stereocenters. The van der Waals surface area contributed by atoms with Crippen LogP contribution in [0.2, 0.25) is 0 Å². The van der Waals surface area contributed by atoms with E-state index in [-0.39, 0.29) is 25.7 Å². The van der Waals surface area contributed by atoms with E-state index in [2.05, 4.69) is 15.6 Å². The molecule has 7 heteroatoms. The van der Waals surface area contributed by atoms with Crippen LogP contribution in [0.1, 0.15) is 18.1 Å². The van der Waals surface area contributed by atoms with Gasteiger partial charge in [-0.3, -0.25) is 10.6 Å². The average Bonchev–Trinajstić information content (AvgIpc) is 2.72. The van der Waals surface area contributed by atoms with E-state index in [0.29, 0.717) is 0 Å². The summed E-state index contributed by atoms with van der Waals surface area (Å²) >= 11 is 0. The van der Waals surface area contributed by atoms with Gasteiger partial charge in [-0.15, -0.1) is 0 Å². The first-order chi connectivity index (χ1) is 13.7. The first kappa shape index (κ1) is 20.7. The highest BCUT2D eigenvalue weighted by Crippen LogP contribution is 2.01. The summed E-state index contributed by atoms with van der Waals surface area (Å²) in [6, 6.07) is 18.5. The summed E-state index contributed by atoms with van der Waals surface area (Å²) in [6.45, 7) is 2.34. The number of nitrogens with one attached hydrogen (secondary N) is 2. The Morgan fingerprint density at radius 1 is 0.857 bits per heavy atom. The van der Waals surface area contributed by atoms with Crippen LogP contribution in [0.15, 0.2) is 77.8 Å². The zero-order valence-corrected chi connectivity index (χ0v) is 15.6. The number of guanidine groups is 1. The van der Waals surface area contributed by atoms with Gasteiger partial charge >= 0.3 is 12.2 Å². The molecule has 7 nitrogen and oxygen atoms in total. The summed E-state index contributed by atoms with van der Waals surface area (Å²) in [5.74, 6) is -0.0470. The Morgan fingerprint density at radius 2 is 1.32 bits per heavy atom. The Labute approximate surface area is 164 Å². The number of amides is 2. The largest absolute Gasteiger partial charge is 0.444 e. The van der Waals surface area contributed by atoms with E-state index >= 15 is 0 Å². The normalized spacial score (nSPS) is 10.2. The Kier molecular flexibility index (Phi) is 8.80. The zero-order valence-electron chi connectivity index (χ0n) is 15.6. The van der Waals surface area contributed by atoms with Crippen molar-refractivity contribution in [2.24, 2.45) is 4.99 Å². The van der Waals surface area contributed by atoms with Crippen molar-refractivity contribution in [2.75, 3.05) is 6.54 Å². The van der Waals surface area contributed by atoms with Crippen LogP contribution in [0.25, 0.3) is 0 Å². The van der Waals surface area contributed by atoms with Crippen molar-refractivity contribution in [3.8, 4) is 0 Å². The predicted octanol–water partition coefficient (Wildman–Crippen LogP) is 3.77. The molecule has 0 aliphatic rings. The molecule has 2 N–H and O–H groups in total. The van der Waals surface area contributed by atoms with E-state index in [1.54, 1.807) is 6.08 Å². The number of benzene rings is 2. The second-order valence-electron chi connectivity index (χ2n) is 5.63. The highest BCUT2D eigenvalue weighted by molar-refractivity contribution is 6.01. The number of allylic oxidation sites excluding steroid dienone is 1. The molecule has 2 amide bonds. The Morgan fingerprint density at radius 3 is 1.75 bits per heavy atom. The number of alkyl carbamates (subject to hydrolysis) is 2. The highest BCUT2D eigenvalue weighted by atomic mass is 16.6. The first-order valence-electron chi connectivity index (χ1n) is 8.78. The number of ether oxygens (including phenoxy) is 2. The minimum atomic E-state index is -0.730. The second kappa shape index (κ2) is 11.9. The van der Waals surface area contributed by atoms with Crippen LogP contribution in [-0.4, -0.2) is 24.7 Å². The lowest BCUT2D eigenvalue weighted by molar-refractivity contribution is 0.141. The van der Waals surface area contributed by atoms with E-state index in [9.17, 15) is 9.59 Å². The van der Waals surface area contributed by atoms with Crippen molar-refractivity contribution in [2.45, 2.75) is 20.1 Å². The topological polar surface area (TPSA) is 89.0 Å². The molecular weight excluding hydrogens is 358 g/mol. The van der Waals surface area contributed by atoms with Crippen molar-refractivity contribution < 1.29 is 19.1 Å². The Balaban J connectivity index is 1.86. The van der Waals surface area contributed by atoms with Crippen LogP contribution in [-0.2, 0) is 22.7 Å². The standard InChI is InChI=1S/C21H23N3O4/c1-2-3-14-22-19(23-20(25)27-15-17-10-6-4-7-11-17)24-21(26)28-16-18-12-8-5-9-13-18/h2-13H,14-16H2,1H3,(H2,22,23,24,25,26)/b3-2+. The van der Waals surface area contributed by atoms with Gasteiger partial charge in [0.25, 0.3) is 0 Å². The maximum absolute atomic E-state index is 12.0. The maximum atomic E-state index is 12.0. The van der Waals surface area contributed by atoms with Crippen molar-refractivity contribution in [3.05, 3.63) is 83.9 Å². The molecule has 0 heterocycles. The third-order valence-electron chi connectivity index (χ3n) is 3.46. The van der Waals surface area contributed by atoms with Gasteiger partial charge in [-0.2, -0.15) is 0 Å². The molecule has 2 rings (SSSR count). The smallest absolute Gasteiger partial charge is 0.414 e. The van der Waals surface area contributed by atoms with Crippen LogP contribution in [0, 0.1) is 0 Å². The molecule has 0 bridgehead atoms. The molecule has 0 aromatic heterocycles. The van der Waals surface area contributed by atoms with E-state index in [1.807, 2.05) is 73.7 Å². The van der Waals surface area contributed by atoms with Crippen LogP contribution in [0.5, 0.6) is 0 Å². The quantitative estimate of drug-likeness (QED) is 0.453. The minimum Gasteiger partial charge on any atom is -0.444 e. The zero-order chi connectivity index (χ0) is 20.0. The Hall–Kier alpha value is -3.61. The Bertz CT molecular complexity index is 745. The van der Waals surface area contributed by atoms with Crippen LogP contribution < -0.4 is 10.6 Å². The fourth-order valence-electron chi connectivity index (χ4n) is 2.07. The third-order valence-corrected chi connectivity index (χ3v) is 3.46. The van der Waals surface area contributed by atoms with Gasteiger partial charge in [0.1, 0.15) is 13.2 Å². The van der Waals surface area contributed by atoms with Gasteiger partial charge in [-0.05, 0) is 18.1 Å². The van der Waals surface area contributed by atoms with Gasteiger partial charge in [0.2, 0.25) is 5.96 Å². The molecule has 0 fully saturated rings. The van der Waals surface area contributed by atoms with Gasteiger partial charge in [0, 0.05) is 0 Å². The van der Waals surface area contributed by atoms with E-state index < -0.39 is 12.2 Å². The number of aliphatic imine (C=N–C) groups is 1. The number of nitrogens with zero attached hydrogens (tertiary/aromatic N) is 1. The molecule has 146 valence electrons. The van der Waals surface area contributed by atoms with Gasteiger partial charge in [0.15, 0.2) is 0 Å². The molecule has 0 radical (unpaired) electrons. The SMILES string of the molecule is C/C=C/CN=C(NC(=O)OCc1ccccc1)NC(=O)OCc1ccccc1. The molecule has 28 heavy (non-hydrogen) atoms. The molecular formula is C21H23N3O4. The average molecular weight is 381 g/mol. The molecule has 0 spiro atoms. The van der Waals surface area contributed by atoms with Crippen LogP contribution >= 0.6 is 0 Å². The number of hydrogen-bond acceptors (Lipinski definition) is 5. The summed E-state index contributed by atoms with van der Waals surface area (Å²) in [5, 5.41) is 4.84. The fraction of sp³-hybridized carbons (Fsp3) is 0.190. The van der Waals surface area contributed by atoms with Gasteiger partial charge in [-0.1, -0.05) is 72.8 Å². The number of carbonyl (C=O) groups excluding carboxylic acids is 2. The molecule has 0 atom stereocenters. The molecule has 2 aromatic carbocycles. The van der Waals surface area contributed by atoms with Crippen molar-refractivity contribution in [1.82, 2.24) is 10.6 Å². The molecule has 0 aliphatic carbocycles. The number of hydrogen-bond donors (Lipinski definition) is 2. The van der Waals surface area contributed by atoms with E-state index in [4.69, 9.17) is 9.47 Å². The minimum absolute atomic E-state index is 0.0470. The lowest BCUT2D eigenvalue weighted by Crippen LogP contribution is -2.44. The van der Waals surface area contributed by atoms with Crippen molar-refractivity contribution in [3.63, 3.8) is 0 Å².